The Bertz CT molecular complexity index is 583. The van der Waals surface area contributed by atoms with Crippen molar-refractivity contribution in [3.63, 3.8) is 0 Å². The summed E-state index contributed by atoms with van der Waals surface area (Å²) in [7, 11) is 0. The van der Waals surface area contributed by atoms with Gasteiger partial charge in [0, 0.05) is 5.69 Å². The van der Waals surface area contributed by atoms with Gasteiger partial charge in [0.05, 0.1) is 38.3 Å². The molecule has 144 valence electrons. The maximum Gasteiger partial charge on any atom is 0.338 e. The van der Waals surface area contributed by atoms with E-state index in [9.17, 15) is 14.4 Å². The van der Waals surface area contributed by atoms with Gasteiger partial charge in [0.25, 0.3) is 0 Å². The average molecular weight is 364 g/mol. The molecule has 0 atom stereocenters. The largest absolute Gasteiger partial charge is 0.462 e. The van der Waals surface area contributed by atoms with E-state index in [0.29, 0.717) is 24.4 Å². The number of hydrogen-bond acceptors (Lipinski definition) is 4. The summed E-state index contributed by atoms with van der Waals surface area (Å²) in [6.45, 7) is 9.76. The van der Waals surface area contributed by atoms with Crippen LogP contribution >= 0.6 is 0 Å². The van der Waals surface area contributed by atoms with Crippen molar-refractivity contribution in [2.45, 2.75) is 33.6 Å². The van der Waals surface area contributed by atoms with Crippen LogP contribution in [-0.2, 0) is 14.3 Å². The topological polar surface area (TPSA) is 88.9 Å². The molecule has 0 aliphatic rings. The summed E-state index contributed by atoms with van der Waals surface area (Å²) in [6.07, 6.45) is 1.78. The highest BCUT2D eigenvalue weighted by Gasteiger charge is 2.14. The molecule has 0 aliphatic carbocycles. The SMILES string of the molecule is CCCCOC(=O)c1ccc(NC(=O)C(=O)NCC[NH+](CC)CC)cc1. The van der Waals surface area contributed by atoms with E-state index < -0.39 is 17.8 Å². The number of ether oxygens (including phenoxy) is 1. The molecule has 0 fully saturated rings. The van der Waals surface area contributed by atoms with Crippen LogP contribution in [0.3, 0.4) is 0 Å². The number of anilines is 1. The molecule has 2 amide bonds. The molecule has 0 aromatic heterocycles. The Hall–Kier alpha value is -2.41. The van der Waals surface area contributed by atoms with Gasteiger partial charge in [-0.2, -0.15) is 0 Å². The first-order chi connectivity index (χ1) is 12.5. The monoisotopic (exact) mass is 364 g/mol. The molecule has 7 heteroatoms. The van der Waals surface area contributed by atoms with Gasteiger partial charge < -0.3 is 20.3 Å². The molecule has 26 heavy (non-hydrogen) atoms. The minimum atomic E-state index is -0.724. The summed E-state index contributed by atoms with van der Waals surface area (Å²) in [5.41, 5.74) is 0.857. The predicted molar refractivity (Wildman–Crippen MR) is 100 cm³/mol. The molecule has 7 nitrogen and oxygen atoms in total. The molecule has 0 saturated heterocycles. The molecule has 1 aromatic carbocycles. The maximum atomic E-state index is 11.9. The number of esters is 1. The van der Waals surface area contributed by atoms with Gasteiger partial charge in [0.2, 0.25) is 0 Å². The molecule has 0 unspecified atom stereocenters. The summed E-state index contributed by atoms with van der Waals surface area (Å²) >= 11 is 0. The van der Waals surface area contributed by atoms with Crippen molar-refractivity contribution >= 4 is 23.5 Å². The van der Waals surface area contributed by atoms with E-state index in [1.165, 1.54) is 4.90 Å². The number of amides is 2. The molecule has 0 saturated carbocycles. The molecule has 1 aromatic rings. The summed E-state index contributed by atoms with van der Waals surface area (Å²) in [5.74, 6) is -1.79. The van der Waals surface area contributed by atoms with Crippen molar-refractivity contribution in [2.75, 3.05) is 38.1 Å². The molecule has 1 rings (SSSR count). The van der Waals surface area contributed by atoms with Gasteiger partial charge in [-0.25, -0.2) is 4.79 Å². The highest BCUT2D eigenvalue weighted by Crippen LogP contribution is 2.10. The first-order valence-corrected chi connectivity index (χ1v) is 9.21. The zero-order valence-electron chi connectivity index (χ0n) is 15.9. The molecule has 0 heterocycles. The van der Waals surface area contributed by atoms with E-state index in [0.717, 1.165) is 32.5 Å². The second kappa shape index (κ2) is 12.0. The van der Waals surface area contributed by atoms with Crippen LogP contribution in [0.15, 0.2) is 24.3 Å². The molecule has 0 spiro atoms. The van der Waals surface area contributed by atoms with Crippen molar-refractivity contribution in [1.29, 1.82) is 0 Å². The van der Waals surface area contributed by atoms with Crippen molar-refractivity contribution in [3.05, 3.63) is 29.8 Å². The van der Waals surface area contributed by atoms with Gasteiger partial charge in [-0.3, -0.25) is 9.59 Å². The highest BCUT2D eigenvalue weighted by atomic mass is 16.5. The number of benzene rings is 1. The third-order valence-electron chi connectivity index (χ3n) is 4.08. The fourth-order valence-corrected chi connectivity index (χ4v) is 2.31. The standard InChI is InChI=1S/C19H29N3O4/c1-4-7-14-26-19(25)15-8-10-16(11-9-15)21-18(24)17(23)20-12-13-22(5-2)6-3/h8-11H,4-7,12-14H2,1-3H3,(H,20,23)(H,21,24)/p+1. The lowest BCUT2D eigenvalue weighted by molar-refractivity contribution is -0.895. The average Bonchev–Trinajstić information content (AvgIpc) is 2.65. The summed E-state index contributed by atoms with van der Waals surface area (Å²) < 4.78 is 5.12. The zero-order valence-corrected chi connectivity index (χ0v) is 15.9. The van der Waals surface area contributed by atoms with Crippen LogP contribution < -0.4 is 15.5 Å². The second-order valence-electron chi connectivity index (χ2n) is 5.98. The number of carbonyl (C=O) groups excluding carboxylic acids is 3. The number of carbonyl (C=O) groups is 3. The Balaban J connectivity index is 2.44. The number of unbranched alkanes of at least 4 members (excludes halogenated alkanes) is 1. The Morgan fingerprint density at radius 1 is 1.00 bits per heavy atom. The van der Waals surface area contributed by atoms with Crippen LogP contribution in [0.5, 0.6) is 0 Å². The zero-order chi connectivity index (χ0) is 19.4. The molecule has 3 N–H and O–H groups in total. The molecule has 0 radical (unpaired) electrons. The van der Waals surface area contributed by atoms with Crippen LogP contribution in [0, 0.1) is 0 Å². The lowest BCUT2D eigenvalue weighted by Crippen LogP contribution is -3.12. The van der Waals surface area contributed by atoms with Crippen molar-refractivity contribution < 1.29 is 24.0 Å². The van der Waals surface area contributed by atoms with E-state index >= 15 is 0 Å². The number of hydrogen-bond donors (Lipinski definition) is 3. The lowest BCUT2D eigenvalue weighted by Gasteiger charge is -2.15. The van der Waals surface area contributed by atoms with Gasteiger partial charge in [0.15, 0.2) is 0 Å². The second-order valence-corrected chi connectivity index (χ2v) is 5.98. The van der Waals surface area contributed by atoms with Gasteiger partial charge >= 0.3 is 17.8 Å². The summed E-state index contributed by atoms with van der Waals surface area (Å²) in [6, 6.07) is 6.26. The Morgan fingerprint density at radius 3 is 2.23 bits per heavy atom. The Labute approximate surface area is 155 Å². The predicted octanol–water partition coefficient (Wildman–Crippen LogP) is 0.623. The van der Waals surface area contributed by atoms with Crippen molar-refractivity contribution in [3.8, 4) is 0 Å². The smallest absolute Gasteiger partial charge is 0.338 e. The van der Waals surface area contributed by atoms with Crippen LogP contribution in [0.25, 0.3) is 0 Å². The quantitative estimate of drug-likeness (QED) is 0.323. The Morgan fingerprint density at radius 2 is 1.65 bits per heavy atom. The van der Waals surface area contributed by atoms with Gasteiger partial charge in [-0.15, -0.1) is 0 Å². The minimum absolute atomic E-state index is 0.392. The lowest BCUT2D eigenvalue weighted by atomic mass is 10.2. The summed E-state index contributed by atoms with van der Waals surface area (Å²) in [5, 5.41) is 5.13. The molecular weight excluding hydrogens is 334 g/mol. The van der Waals surface area contributed by atoms with E-state index in [2.05, 4.69) is 24.5 Å². The van der Waals surface area contributed by atoms with Crippen LogP contribution in [0.2, 0.25) is 0 Å². The van der Waals surface area contributed by atoms with Crippen LogP contribution in [0.1, 0.15) is 44.0 Å². The Kier molecular flexibility index (Phi) is 10.0. The number of quaternary nitrogens is 1. The highest BCUT2D eigenvalue weighted by molar-refractivity contribution is 6.39. The van der Waals surface area contributed by atoms with Gasteiger partial charge in [0.1, 0.15) is 0 Å². The van der Waals surface area contributed by atoms with E-state index in [1.54, 1.807) is 24.3 Å². The number of likely N-dealkylation sites (N-methyl/N-ethyl adjacent to an activating group) is 1. The number of nitrogens with one attached hydrogen (secondary N) is 3. The fraction of sp³-hybridized carbons (Fsp3) is 0.526. The molecule has 0 aliphatic heterocycles. The van der Waals surface area contributed by atoms with E-state index in [1.807, 2.05) is 6.92 Å². The normalized spacial score (nSPS) is 10.5. The van der Waals surface area contributed by atoms with Crippen LogP contribution in [-0.4, -0.2) is 50.6 Å². The third kappa shape index (κ3) is 7.65. The third-order valence-corrected chi connectivity index (χ3v) is 4.08. The molecule has 0 bridgehead atoms. The first-order valence-electron chi connectivity index (χ1n) is 9.21. The summed E-state index contributed by atoms with van der Waals surface area (Å²) in [4.78, 5) is 36.9. The van der Waals surface area contributed by atoms with E-state index in [4.69, 9.17) is 4.74 Å². The van der Waals surface area contributed by atoms with Crippen molar-refractivity contribution in [2.24, 2.45) is 0 Å². The van der Waals surface area contributed by atoms with Crippen LogP contribution in [0.4, 0.5) is 5.69 Å². The fourth-order valence-electron chi connectivity index (χ4n) is 2.31. The molecular formula is C19H30N3O4+. The van der Waals surface area contributed by atoms with Gasteiger partial charge in [-0.05, 0) is 44.5 Å². The maximum absolute atomic E-state index is 11.9. The van der Waals surface area contributed by atoms with Crippen molar-refractivity contribution in [1.82, 2.24) is 5.32 Å². The van der Waals surface area contributed by atoms with E-state index in [-0.39, 0.29) is 0 Å². The number of rotatable bonds is 10. The first kappa shape index (κ1) is 21.6. The van der Waals surface area contributed by atoms with Gasteiger partial charge in [-0.1, -0.05) is 13.3 Å². The minimum Gasteiger partial charge on any atom is -0.462 e.